The van der Waals surface area contributed by atoms with E-state index in [2.05, 4.69) is 0 Å². The van der Waals surface area contributed by atoms with Crippen LogP contribution in [-0.4, -0.2) is 19.8 Å². The van der Waals surface area contributed by atoms with Crippen molar-refractivity contribution in [3.63, 3.8) is 0 Å². The summed E-state index contributed by atoms with van der Waals surface area (Å²) in [5.41, 5.74) is 6.79. The minimum Gasteiger partial charge on any atom is -0.398 e. The second kappa shape index (κ2) is 5.83. The minimum atomic E-state index is -3.72. The quantitative estimate of drug-likeness (QED) is 0.883. The van der Waals surface area contributed by atoms with E-state index in [9.17, 15) is 8.42 Å². The van der Waals surface area contributed by atoms with Crippen LogP contribution in [0.25, 0.3) is 0 Å². The fourth-order valence-corrected chi connectivity index (χ4v) is 3.66. The van der Waals surface area contributed by atoms with Gasteiger partial charge in [0.2, 0.25) is 10.0 Å². The molecule has 0 radical (unpaired) electrons. The van der Waals surface area contributed by atoms with Crippen molar-refractivity contribution in [2.24, 2.45) is 0 Å². The Balaban J connectivity index is 2.35. The van der Waals surface area contributed by atoms with Crippen molar-refractivity contribution >= 4 is 27.3 Å². The largest absolute Gasteiger partial charge is 0.398 e. The Morgan fingerprint density at radius 2 is 1.75 bits per heavy atom. The second-order valence-corrected chi connectivity index (χ2v) is 6.79. The summed E-state index contributed by atoms with van der Waals surface area (Å²) in [5.74, 6) is 0. The summed E-state index contributed by atoms with van der Waals surface area (Å²) in [5, 5.41) is 0.130. The standard InChI is InChI=1S/C14H15ClN2O2S/c1-17(10-11-6-3-2-4-7-11)20(18,19)14-12(15)8-5-9-13(14)16/h2-9H,10,16H2,1H3. The molecule has 0 saturated carbocycles. The molecule has 0 heterocycles. The van der Waals surface area contributed by atoms with Crippen LogP contribution < -0.4 is 5.73 Å². The Kier molecular flexibility index (Phi) is 4.32. The van der Waals surface area contributed by atoms with Gasteiger partial charge in [0.05, 0.1) is 10.7 Å². The molecule has 0 aliphatic heterocycles. The van der Waals surface area contributed by atoms with E-state index in [-0.39, 0.29) is 22.2 Å². The van der Waals surface area contributed by atoms with Crippen LogP contribution >= 0.6 is 11.6 Å². The lowest BCUT2D eigenvalue weighted by molar-refractivity contribution is 0.467. The van der Waals surface area contributed by atoms with Gasteiger partial charge in [-0.25, -0.2) is 8.42 Å². The molecule has 0 unspecified atom stereocenters. The number of anilines is 1. The summed E-state index contributed by atoms with van der Waals surface area (Å²) in [4.78, 5) is -0.0416. The predicted octanol–water partition coefficient (Wildman–Crippen LogP) is 2.74. The highest BCUT2D eigenvalue weighted by Crippen LogP contribution is 2.29. The summed E-state index contributed by atoms with van der Waals surface area (Å²) < 4.78 is 26.3. The maximum Gasteiger partial charge on any atom is 0.246 e. The van der Waals surface area contributed by atoms with Gasteiger partial charge in [-0.1, -0.05) is 48.0 Å². The number of sulfonamides is 1. The molecule has 0 bridgehead atoms. The van der Waals surface area contributed by atoms with E-state index in [0.29, 0.717) is 0 Å². The molecular weight excluding hydrogens is 296 g/mol. The lowest BCUT2D eigenvalue weighted by Crippen LogP contribution is -2.27. The van der Waals surface area contributed by atoms with Crippen LogP contribution in [0.15, 0.2) is 53.4 Å². The SMILES string of the molecule is CN(Cc1ccccc1)S(=O)(=O)c1c(N)cccc1Cl. The first-order valence-corrected chi connectivity index (χ1v) is 7.79. The predicted molar refractivity (Wildman–Crippen MR) is 81.0 cm³/mol. The molecule has 0 amide bonds. The van der Waals surface area contributed by atoms with Crippen molar-refractivity contribution in [1.29, 1.82) is 0 Å². The average molecular weight is 311 g/mol. The van der Waals surface area contributed by atoms with E-state index in [0.717, 1.165) is 5.56 Å². The number of nitrogen functional groups attached to an aromatic ring is 1. The Bertz CT molecular complexity index is 682. The molecule has 20 heavy (non-hydrogen) atoms. The molecule has 6 heteroatoms. The fraction of sp³-hybridized carbons (Fsp3) is 0.143. The van der Waals surface area contributed by atoms with E-state index in [1.54, 1.807) is 6.07 Å². The normalized spacial score (nSPS) is 11.8. The maximum absolute atomic E-state index is 12.5. The summed E-state index contributed by atoms with van der Waals surface area (Å²) in [6.07, 6.45) is 0. The zero-order valence-electron chi connectivity index (χ0n) is 11.0. The number of rotatable bonds is 4. The van der Waals surface area contributed by atoms with E-state index >= 15 is 0 Å². The Labute approximate surface area is 123 Å². The highest BCUT2D eigenvalue weighted by atomic mass is 35.5. The molecule has 2 aromatic rings. The van der Waals surface area contributed by atoms with E-state index in [1.807, 2.05) is 30.3 Å². The van der Waals surface area contributed by atoms with E-state index in [4.69, 9.17) is 17.3 Å². The number of halogens is 1. The van der Waals surface area contributed by atoms with Gasteiger partial charge in [0.15, 0.2) is 0 Å². The highest BCUT2D eigenvalue weighted by Gasteiger charge is 2.26. The first-order valence-electron chi connectivity index (χ1n) is 5.97. The zero-order chi connectivity index (χ0) is 14.8. The minimum absolute atomic E-state index is 0.0416. The molecule has 0 aliphatic rings. The molecule has 106 valence electrons. The summed E-state index contributed by atoms with van der Waals surface area (Å²) in [7, 11) is -2.22. The van der Waals surface area contributed by atoms with E-state index in [1.165, 1.54) is 23.5 Å². The molecule has 0 aliphatic carbocycles. The van der Waals surface area contributed by atoms with Crippen molar-refractivity contribution in [2.45, 2.75) is 11.4 Å². The number of hydrogen-bond acceptors (Lipinski definition) is 3. The van der Waals surface area contributed by atoms with Gasteiger partial charge >= 0.3 is 0 Å². The van der Waals surface area contributed by atoms with Gasteiger partial charge in [0, 0.05) is 13.6 Å². The van der Waals surface area contributed by atoms with Crippen LogP contribution in [0.4, 0.5) is 5.69 Å². The molecule has 2 rings (SSSR count). The summed E-state index contributed by atoms with van der Waals surface area (Å²) in [6.45, 7) is 0.258. The third-order valence-electron chi connectivity index (χ3n) is 2.91. The summed E-state index contributed by atoms with van der Waals surface area (Å²) in [6, 6.07) is 14.0. The van der Waals surface area contributed by atoms with Crippen LogP contribution in [0.2, 0.25) is 5.02 Å². The molecular formula is C14H15ClN2O2S. The van der Waals surface area contributed by atoms with Crippen molar-refractivity contribution in [1.82, 2.24) is 4.31 Å². The fourth-order valence-electron chi connectivity index (χ4n) is 1.88. The summed E-state index contributed by atoms with van der Waals surface area (Å²) >= 11 is 5.98. The highest BCUT2D eigenvalue weighted by molar-refractivity contribution is 7.89. The van der Waals surface area contributed by atoms with Crippen LogP contribution in [0.1, 0.15) is 5.56 Å². The van der Waals surface area contributed by atoms with Crippen molar-refractivity contribution in [2.75, 3.05) is 12.8 Å². The number of hydrogen-bond donors (Lipinski definition) is 1. The van der Waals surface area contributed by atoms with Crippen LogP contribution in [0.3, 0.4) is 0 Å². The molecule has 0 aromatic heterocycles. The van der Waals surface area contributed by atoms with Gasteiger partial charge in [-0.05, 0) is 17.7 Å². The lowest BCUT2D eigenvalue weighted by atomic mass is 10.2. The smallest absolute Gasteiger partial charge is 0.246 e. The van der Waals surface area contributed by atoms with Gasteiger partial charge < -0.3 is 5.73 Å². The average Bonchev–Trinajstić information content (AvgIpc) is 2.39. The van der Waals surface area contributed by atoms with Gasteiger partial charge in [-0.2, -0.15) is 4.31 Å². The molecule has 2 aromatic carbocycles. The van der Waals surface area contributed by atoms with Gasteiger partial charge in [-0.3, -0.25) is 0 Å². The van der Waals surface area contributed by atoms with Crippen molar-refractivity contribution in [3.8, 4) is 0 Å². The third-order valence-corrected chi connectivity index (χ3v) is 5.26. The Morgan fingerprint density at radius 1 is 1.10 bits per heavy atom. The van der Waals surface area contributed by atoms with Gasteiger partial charge in [0.25, 0.3) is 0 Å². The molecule has 2 N–H and O–H groups in total. The monoisotopic (exact) mass is 310 g/mol. The molecule has 0 atom stereocenters. The number of nitrogens with two attached hydrogens (primary N) is 1. The maximum atomic E-state index is 12.5. The molecule has 4 nitrogen and oxygen atoms in total. The van der Waals surface area contributed by atoms with Gasteiger partial charge in [-0.15, -0.1) is 0 Å². The van der Waals surface area contributed by atoms with Crippen LogP contribution in [0.5, 0.6) is 0 Å². The first kappa shape index (κ1) is 14.8. The first-order chi connectivity index (χ1) is 9.43. The van der Waals surface area contributed by atoms with Crippen molar-refractivity contribution in [3.05, 3.63) is 59.1 Å². The number of nitrogens with zero attached hydrogens (tertiary/aromatic N) is 1. The Morgan fingerprint density at radius 3 is 2.35 bits per heavy atom. The lowest BCUT2D eigenvalue weighted by Gasteiger charge is -2.19. The van der Waals surface area contributed by atoms with E-state index < -0.39 is 10.0 Å². The van der Waals surface area contributed by atoms with Crippen LogP contribution in [0, 0.1) is 0 Å². The topological polar surface area (TPSA) is 63.4 Å². The molecule has 0 spiro atoms. The number of benzene rings is 2. The van der Waals surface area contributed by atoms with Crippen LogP contribution in [-0.2, 0) is 16.6 Å². The third kappa shape index (κ3) is 2.95. The molecule has 0 fully saturated rings. The van der Waals surface area contributed by atoms with Crippen molar-refractivity contribution < 1.29 is 8.42 Å². The Hall–Kier alpha value is -1.56. The van der Waals surface area contributed by atoms with Gasteiger partial charge in [0.1, 0.15) is 4.90 Å². The second-order valence-electron chi connectivity index (χ2n) is 4.40. The zero-order valence-corrected chi connectivity index (χ0v) is 12.5. The molecule has 0 saturated heterocycles.